The third-order valence-electron chi connectivity index (χ3n) is 3.36. The lowest BCUT2D eigenvalue weighted by molar-refractivity contribution is -0.274. The van der Waals surface area contributed by atoms with E-state index in [9.17, 15) is 13.2 Å². The second-order valence-electron chi connectivity index (χ2n) is 4.82. The molecule has 22 heavy (non-hydrogen) atoms. The Morgan fingerprint density at radius 2 is 1.41 bits per heavy atom. The van der Waals surface area contributed by atoms with Gasteiger partial charge in [-0.15, -0.1) is 13.2 Å². The number of hydrogen-bond donors (Lipinski definition) is 1. The van der Waals surface area contributed by atoms with Gasteiger partial charge in [0, 0.05) is 11.1 Å². The van der Waals surface area contributed by atoms with E-state index < -0.39 is 6.36 Å². The number of benzene rings is 3. The van der Waals surface area contributed by atoms with Gasteiger partial charge in [-0.25, -0.2) is 0 Å². The molecule has 0 aliphatic carbocycles. The molecule has 0 heterocycles. The topological polar surface area (TPSA) is 35.2 Å². The van der Waals surface area contributed by atoms with Crippen LogP contribution < -0.4 is 10.5 Å². The molecule has 0 aliphatic heterocycles. The summed E-state index contributed by atoms with van der Waals surface area (Å²) in [5, 5.41) is 1.86. The minimum Gasteiger partial charge on any atom is -0.406 e. The number of fused-ring (bicyclic) bond motifs is 1. The van der Waals surface area contributed by atoms with Gasteiger partial charge in [-0.05, 0) is 34.7 Å². The normalized spacial score (nSPS) is 11.6. The van der Waals surface area contributed by atoms with Gasteiger partial charge >= 0.3 is 6.36 Å². The van der Waals surface area contributed by atoms with Crippen molar-refractivity contribution in [3.63, 3.8) is 0 Å². The summed E-state index contributed by atoms with van der Waals surface area (Å²) in [4.78, 5) is 0. The first-order valence-electron chi connectivity index (χ1n) is 6.57. The molecule has 0 bridgehead atoms. The number of alkyl halides is 3. The summed E-state index contributed by atoms with van der Waals surface area (Å²) in [6.45, 7) is 0. The van der Waals surface area contributed by atoms with Crippen LogP contribution in [0.5, 0.6) is 5.75 Å². The van der Waals surface area contributed by atoms with Crippen LogP contribution in [0.4, 0.5) is 18.9 Å². The Kier molecular flexibility index (Phi) is 3.41. The molecule has 5 heteroatoms. The summed E-state index contributed by atoms with van der Waals surface area (Å²) in [6.07, 6.45) is -4.69. The number of ether oxygens (including phenoxy) is 1. The molecule has 3 aromatic carbocycles. The molecular weight excluding hydrogens is 291 g/mol. The third-order valence-corrected chi connectivity index (χ3v) is 3.36. The Morgan fingerprint density at radius 3 is 2.05 bits per heavy atom. The van der Waals surface area contributed by atoms with Gasteiger partial charge < -0.3 is 10.5 Å². The second kappa shape index (κ2) is 5.26. The summed E-state index contributed by atoms with van der Waals surface area (Å²) in [6, 6.07) is 17.1. The number of rotatable bonds is 2. The average Bonchev–Trinajstić information content (AvgIpc) is 2.48. The van der Waals surface area contributed by atoms with E-state index in [2.05, 4.69) is 4.74 Å². The van der Waals surface area contributed by atoms with E-state index >= 15 is 0 Å². The lowest BCUT2D eigenvalue weighted by atomic mass is 9.97. The molecule has 0 amide bonds. The SMILES string of the molecule is Nc1ccc(-c2ccc(OC(F)(F)F)cc2)c2ccccc12. The molecule has 0 radical (unpaired) electrons. The molecule has 0 spiro atoms. The van der Waals surface area contributed by atoms with Crippen molar-refractivity contribution in [2.75, 3.05) is 5.73 Å². The first-order chi connectivity index (χ1) is 10.4. The standard InChI is InChI=1S/C17H12F3NO/c18-17(19,20)22-12-7-5-11(6-8-12)13-9-10-16(21)15-4-2-1-3-14(13)15/h1-10H,21H2. The monoisotopic (exact) mass is 303 g/mol. The van der Waals surface area contributed by atoms with Crippen molar-refractivity contribution in [3.8, 4) is 16.9 Å². The highest BCUT2D eigenvalue weighted by Gasteiger charge is 2.30. The van der Waals surface area contributed by atoms with Gasteiger partial charge in [0.25, 0.3) is 0 Å². The molecule has 0 unspecified atom stereocenters. The smallest absolute Gasteiger partial charge is 0.406 e. The van der Waals surface area contributed by atoms with Crippen molar-refractivity contribution in [3.05, 3.63) is 60.7 Å². The predicted octanol–water partition coefficient (Wildman–Crippen LogP) is 4.99. The van der Waals surface area contributed by atoms with Gasteiger partial charge in [0.1, 0.15) is 5.75 Å². The highest BCUT2D eigenvalue weighted by molar-refractivity contribution is 6.02. The zero-order valence-electron chi connectivity index (χ0n) is 11.4. The van der Waals surface area contributed by atoms with E-state index in [1.807, 2.05) is 30.3 Å². The summed E-state index contributed by atoms with van der Waals surface area (Å²) in [5.41, 5.74) is 8.32. The van der Waals surface area contributed by atoms with Gasteiger partial charge in [-0.3, -0.25) is 0 Å². The van der Waals surface area contributed by atoms with Crippen molar-refractivity contribution < 1.29 is 17.9 Å². The van der Waals surface area contributed by atoms with Crippen molar-refractivity contribution in [2.45, 2.75) is 6.36 Å². The second-order valence-corrected chi connectivity index (χ2v) is 4.82. The van der Waals surface area contributed by atoms with Crippen LogP contribution in [-0.4, -0.2) is 6.36 Å². The fourth-order valence-electron chi connectivity index (χ4n) is 2.41. The maximum absolute atomic E-state index is 12.2. The Labute approximate surface area is 124 Å². The molecule has 0 aromatic heterocycles. The largest absolute Gasteiger partial charge is 0.573 e. The van der Waals surface area contributed by atoms with E-state index in [0.717, 1.165) is 21.9 Å². The first-order valence-corrected chi connectivity index (χ1v) is 6.57. The molecule has 0 aliphatic rings. The summed E-state index contributed by atoms with van der Waals surface area (Å²) in [5.74, 6) is -0.240. The highest BCUT2D eigenvalue weighted by atomic mass is 19.4. The maximum atomic E-state index is 12.2. The average molecular weight is 303 g/mol. The van der Waals surface area contributed by atoms with Crippen LogP contribution in [0, 0.1) is 0 Å². The Balaban J connectivity index is 2.03. The number of nitrogen functional groups attached to an aromatic ring is 1. The van der Waals surface area contributed by atoms with Gasteiger partial charge in [-0.2, -0.15) is 0 Å². The van der Waals surface area contributed by atoms with Crippen LogP contribution in [0.3, 0.4) is 0 Å². The summed E-state index contributed by atoms with van der Waals surface area (Å²) < 4.78 is 40.4. The first kappa shape index (κ1) is 14.3. The van der Waals surface area contributed by atoms with Crippen LogP contribution in [0.1, 0.15) is 0 Å². The molecule has 3 rings (SSSR count). The Morgan fingerprint density at radius 1 is 0.773 bits per heavy atom. The van der Waals surface area contributed by atoms with Gasteiger partial charge in [0.2, 0.25) is 0 Å². The maximum Gasteiger partial charge on any atom is 0.573 e. The van der Waals surface area contributed by atoms with Crippen molar-refractivity contribution in [1.82, 2.24) is 0 Å². The van der Waals surface area contributed by atoms with Crippen molar-refractivity contribution >= 4 is 16.5 Å². The van der Waals surface area contributed by atoms with Crippen LogP contribution >= 0.6 is 0 Å². The van der Waals surface area contributed by atoms with E-state index in [1.54, 1.807) is 18.2 Å². The third kappa shape index (κ3) is 2.83. The molecule has 0 fully saturated rings. The molecule has 112 valence electrons. The van der Waals surface area contributed by atoms with Gasteiger partial charge in [-0.1, -0.05) is 42.5 Å². The van der Waals surface area contributed by atoms with Crippen LogP contribution in [0.2, 0.25) is 0 Å². The van der Waals surface area contributed by atoms with E-state index in [-0.39, 0.29) is 5.75 Å². The molecule has 0 saturated carbocycles. The molecular formula is C17H12F3NO. The molecule has 2 nitrogen and oxygen atoms in total. The molecule has 2 N–H and O–H groups in total. The number of anilines is 1. The predicted molar refractivity (Wildman–Crippen MR) is 80.5 cm³/mol. The fraction of sp³-hybridized carbons (Fsp3) is 0.0588. The van der Waals surface area contributed by atoms with Gasteiger partial charge in [0.15, 0.2) is 0 Å². The quantitative estimate of drug-likeness (QED) is 0.677. The lowest BCUT2D eigenvalue weighted by Crippen LogP contribution is -2.16. The van der Waals surface area contributed by atoms with Crippen LogP contribution in [0.25, 0.3) is 21.9 Å². The Hall–Kier alpha value is -2.69. The van der Waals surface area contributed by atoms with Gasteiger partial charge in [0.05, 0.1) is 0 Å². The molecule has 0 saturated heterocycles. The summed E-state index contributed by atoms with van der Waals surface area (Å²) >= 11 is 0. The molecule has 0 atom stereocenters. The van der Waals surface area contributed by atoms with E-state index in [0.29, 0.717) is 5.69 Å². The van der Waals surface area contributed by atoms with Crippen LogP contribution in [0.15, 0.2) is 60.7 Å². The van der Waals surface area contributed by atoms with Crippen LogP contribution in [-0.2, 0) is 0 Å². The van der Waals surface area contributed by atoms with Crippen molar-refractivity contribution in [1.29, 1.82) is 0 Å². The lowest BCUT2D eigenvalue weighted by Gasteiger charge is -2.11. The minimum absolute atomic E-state index is 0.240. The summed E-state index contributed by atoms with van der Waals surface area (Å²) in [7, 11) is 0. The minimum atomic E-state index is -4.69. The van der Waals surface area contributed by atoms with E-state index in [1.165, 1.54) is 12.1 Å². The zero-order chi connectivity index (χ0) is 15.7. The number of nitrogens with two attached hydrogens (primary N) is 1. The highest BCUT2D eigenvalue weighted by Crippen LogP contribution is 2.33. The Bertz CT molecular complexity index is 810. The zero-order valence-corrected chi connectivity index (χ0v) is 11.4. The fourth-order valence-corrected chi connectivity index (χ4v) is 2.41. The molecule has 3 aromatic rings. The van der Waals surface area contributed by atoms with E-state index in [4.69, 9.17) is 5.73 Å². The number of hydrogen-bond acceptors (Lipinski definition) is 2. The van der Waals surface area contributed by atoms with Crippen molar-refractivity contribution in [2.24, 2.45) is 0 Å². The number of halogens is 3.